The van der Waals surface area contributed by atoms with Crippen molar-refractivity contribution < 1.29 is 13.9 Å². The molecule has 0 radical (unpaired) electrons. The van der Waals surface area contributed by atoms with E-state index in [-0.39, 0.29) is 12.3 Å². The lowest BCUT2D eigenvalue weighted by Crippen LogP contribution is -2.06. The number of carbonyl (C=O) groups is 1. The highest BCUT2D eigenvalue weighted by molar-refractivity contribution is 7.13. The first kappa shape index (κ1) is 13.0. The molecular formula is C13H10N2O3S2. The first-order valence-corrected chi connectivity index (χ1v) is 7.49. The van der Waals surface area contributed by atoms with Gasteiger partial charge < -0.3 is 9.15 Å². The molecule has 0 saturated carbocycles. The van der Waals surface area contributed by atoms with Gasteiger partial charge in [-0.1, -0.05) is 6.07 Å². The summed E-state index contributed by atoms with van der Waals surface area (Å²) < 4.78 is 10.5. The quantitative estimate of drug-likeness (QED) is 0.690. The number of esters is 1. The van der Waals surface area contributed by atoms with Crippen LogP contribution < -0.4 is 0 Å². The second kappa shape index (κ2) is 5.56. The van der Waals surface area contributed by atoms with Gasteiger partial charge in [0.1, 0.15) is 6.61 Å². The van der Waals surface area contributed by atoms with Gasteiger partial charge in [-0.05, 0) is 18.4 Å². The van der Waals surface area contributed by atoms with Crippen molar-refractivity contribution in [3.63, 3.8) is 0 Å². The molecule has 0 aliphatic rings. The summed E-state index contributed by atoms with van der Waals surface area (Å²) in [4.78, 5) is 21.8. The molecule has 0 amide bonds. The zero-order valence-corrected chi connectivity index (χ0v) is 12.2. The van der Waals surface area contributed by atoms with Crippen LogP contribution in [0.15, 0.2) is 34.5 Å². The molecule has 0 aliphatic heterocycles. The smallest absolute Gasteiger partial charge is 0.361 e. The first-order chi connectivity index (χ1) is 9.74. The third-order valence-electron chi connectivity index (χ3n) is 2.52. The standard InChI is InChI=1S/C13H10N2O3S2/c1-8-14-5-9(20-8)6-17-13(16)11-12(18-7-15-11)10-3-2-4-19-10/h2-5,7H,6H2,1H3. The van der Waals surface area contributed by atoms with Crippen molar-refractivity contribution >= 4 is 28.6 Å². The van der Waals surface area contributed by atoms with Crippen LogP contribution in [-0.2, 0) is 11.3 Å². The van der Waals surface area contributed by atoms with Crippen molar-refractivity contribution in [2.75, 3.05) is 0 Å². The SMILES string of the molecule is Cc1ncc(COC(=O)c2ncoc2-c2cccs2)s1. The molecule has 3 rings (SSSR count). The van der Waals surface area contributed by atoms with E-state index in [1.165, 1.54) is 29.1 Å². The molecule has 0 atom stereocenters. The minimum atomic E-state index is -0.492. The number of hydrogen-bond acceptors (Lipinski definition) is 7. The minimum absolute atomic E-state index is 0.196. The number of carbonyl (C=O) groups excluding carboxylic acids is 1. The van der Waals surface area contributed by atoms with Crippen LogP contribution >= 0.6 is 22.7 Å². The fourth-order valence-corrected chi connectivity index (χ4v) is 3.07. The Balaban J connectivity index is 1.73. The number of nitrogens with zero attached hydrogens (tertiary/aromatic N) is 2. The van der Waals surface area contributed by atoms with Gasteiger partial charge in [-0.3, -0.25) is 0 Å². The molecule has 0 aromatic carbocycles. The van der Waals surface area contributed by atoms with Crippen LogP contribution in [0.2, 0.25) is 0 Å². The molecular weight excluding hydrogens is 296 g/mol. The third-order valence-corrected chi connectivity index (χ3v) is 4.28. The van der Waals surface area contributed by atoms with Gasteiger partial charge in [-0.15, -0.1) is 22.7 Å². The second-order valence-corrected chi connectivity index (χ2v) is 6.20. The highest BCUT2D eigenvalue weighted by Crippen LogP contribution is 2.28. The summed E-state index contributed by atoms with van der Waals surface area (Å²) in [7, 11) is 0. The zero-order valence-electron chi connectivity index (χ0n) is 10.5. The number of oxazole rings is 1. The van der Waals surface area contributed by atoms with Crippen molar-refractivity contribution in [2.24, 2.45) is 0 Å². The lowest BCUT2D eigenvalue weighted by Gasteiger charge is -2.01. The van der Waals surface area contributed by atoms with Gasteiger partial charge >= 0.3 is 5.97 Å². The number of thiazole rings is 1. The lowest BCUT2D eigenvalue weighted by molar-refractivity contribution is 0.0471. The van der Waals surface area contributed by atoms with E-state index in [0.717, 1.165) is 14.8 Å². The Morgan fingerprint density at radius 1 is 1.45 bits per heavy atom. The summed E-state index contributed by atoms with van der Waals surface area (Å²) in [5, 5.41) is 2.85. The van der Waals surface area contributed by atoms with Crippen LogP contribution in [0, 0.1) is 6.92 Å². The molecule has 0 unspecified atom stereocenters. The number of aromatic nitrogens is 2. The van der Waals surface area contributed by atoms with Crippen molar-refractivity contribution in [1.29, 1.82) is 0 Å². The zero-order chi connectivity index (χ0) is 13.9. The van der Waals surface area contributed by atoms with Gasteiger partial charge in [0, 0.05) is 6.20 Å². The molecule has 0 bridgehead atoms. The van der Waals surface area contributed by atoms with Gasteiger partial charge in [0.05, 0.1) is 14.8 Å². The summed E-state index contributed by atoms with van der Waals surface area (Å²) >= 11 is 2.98. The summed E-state index contributed by atoms with van der Waals surface area (Å²) in [5.74, 6) is -0.0429. The van der Waals surface area contributed by atoms with Crippen LogP contribution in [0.25, 0.3) is 10.6 Å². The topological polar surface area (TPSA) is 65.2 Å². The summed E-state index contributed by atoms with van der Waals surface area (Å²) in [5.41, 5.74) is 0.202. The van der Waals surface area contributed by atoms with Crippen molar-refractivity contribution in [1.82, 2.24) is 9.97 Å². The fourth-order valence-electron chi connectivity index (χ4n) is 1.65. The van der Waals surface area contributed by atoms with E-state index >= 15 is 0 Å². The first-order valence-electron chi connectivity index (χ1n) is 5.80. The lowest BCUT2D eigenvalue weighted by atomic mass is 10.3. The Labute approximate surface area is 122 Å². The molecule has 0 saturated heterocycles. The molecule has 3 aromatic rings. The highest BCUT2D eigenvalue weighted by Gasteiger charge is 2.20. The molecule has 0 aliphatic carbocycles. The molecule has 3 aromatic heterocycles. The van der Waals surface area contributed by atoms with E-state index in [4.69, 9.17) is 9.15 Å². The van der Waals surface area contributed by atoms with E-state index in [0.29, 0.717) is 5.76 Å². The predicted octanol–water partition coefficient (Wildman–Crippen LogP) is 3.53. The number of rotatable bonds is 4. The van der Waals surface area contributed by atoms with Crippen molar-refractivity contribution in [3.05, 3.63) is 45.7 Å². The Hall–Kier alpha value is -1.99. The van der Waals surface area contributed by atoms with E-state index in [1.807, 2.05) is 24.4 Å². The number of hydrogen-bond donors (Lipinski definition) is 0. The third kappa shape index (κ3) is 2.63. The highest BCUT2D eigenvalue weighted by atomic mass is 32.1. The second-order valence-electron chi connectivity index (χ2n) is 3.93. The van der Waals surface area contributed by atoms with Gasteiger partial charge in [-0.2, -0.15) is 0 Å². The Morgan fingerprint density at radius 2 is 2.35 bits per heavy atom. The maximum Gasteiger partial charge on any atom is 0.361 e. The fraction of sp³-hybridized carbons (Fsp3) is 0.154. The van der Waals surface area contributed by atoms with Crippen LogP contribution in [0.4, 0.5) is 0 Å². The Bertz CT molecular complexity index is 716. The van der Waals surface area contributed by atoms with E-state index in [2.05, 4.69) is 9.97 Å². The van der Waals surface area contributed by atoms with Gasteiger partial charge in [-0.25, -0.2) is 14.8 Å². The largest absolute Gasteiger partial charge is 0.455 e. The minimum Gasteiger partial charge on any atom is -0.455 e. The van der Waals surface area contributed by atoms with Crippen LogP contribution in [-0.4, -0.2) is 15.9 Å². The average molecular weight is 306 g/mol. The molecule has 20 heavy (non-hydrogen) atoms. The Kier molecular flexibility index (Phi) is 3.62. The van der Waals surface area contributed by atoms with E-state index in [9.17, 15) is 4.79 Å². The maximum absolute atomic E-state index is 12.0. The van der Waals surface area contributed by atoms with Crippen LogP contribution in [0.5, 0.6) is 0 Å². The van der Waals surface area contributed by atoms with Crippen molar-refractivity contribution in [2.45, 2.75) is 13.5 Å². The van der Waals surface area contributed by atoms with Gasteiger partial charge in [0.15, 0.2) is 17.8 Å². The summed E-state index contributed by atoms with van der Waals surface area (Å²) in [6.07, 6.45) is 2.96. The van der Waals surface area contributed by atoms with Crippen molar-refractivity contribution in [3.8, 4) is 10.6 Å². The molecule has 102 valence electrons. The average Bonchev–Trinajstić information content (AvgIpc) is 3.16. The number of ether oxygens (including phenoxy) is 1. The maximum atomic E-state index is 12.0. The summed E-state index contributed by atoms with van der Waals surface area (Å²) in [6.45, 7) is 2.10. The normalized spacial score (nSPS) is 10.7. The van der Waals surface area contributed by atoms with E-state index in [1.54, 1.807) is 6.20 Å². The van der Waals surface area contributed by atoms with Crippen LogP contribution in [0.3, 0.4) is 0 Å². The molecule has 0 spiro atoms. The van der Waals surface area contributed by atoms with E-state index < -0.39 is 5.97 Å². The van der Waals surface area contributed by atoms with Gasteiger partial charge in [0.2, 0.25) is 0 Å². The van der Waals surface area contributed by atoms with Gasteiger partial charge in [0.25, 0.3) is 0 Å². The molecule has 7 heteroatoms. The number of aryl methyl sites for hydroxylation is 1. The van der Waals surface area contributed by atoms with Crippen LogP contribution in [0.1, 0.15) is 20.4 Å². The molecule has 0 N–H and O–H groups in total. The Morgan fingerprint density at radius 3 is 3.05 bits per heavy atom. The number of thiophene rings is 1. The molecule has 3 heterocycles. The predicted molar refractivity (Wildman–Crippen MR) is 75.8 cm³/mol. The summed E-state index contributed by atoms with van der Waals surface area (Å²) in [6, 6.07) is 3.76. The molecule has 0 fully saturated rings. The molecule has 5 nitrogen and oxygen atoms in total. The monoisotopic (exact) mass is 306 g/mol.